The Kier molecular flexibility index (Phi) is 3.59. The molecule has 0 atom stereocenters. The van der Waals surface area contributed by atoms with E-state index in [1.807, 2.05) is 26.8 Å². The zero-order chi connectivity index (χ0) is 13.2. The SMILES string of the molecule is CC(C)(C)OC(=O)NCCc1cc(C2CC2)no1. The van der Waals surface area contributed by atoms with Gasteiger partial charge in [-0.25, -0.2) is 4.79 Å². The molecule has 1 aliphatic rings. The van der Waals surface area contributed by atoms with Crippen molar-refractivity contribution in [1.82, 2.24) is 10.5 Å². The van der Waals surface area contributed by atoms with Crippen LogP contribution in [-0.4, -0.2) is 23.4 Å². The Balaban J connectivity index is 1.69. The first-order valence-corrected chi connectivity index (χ1v) is 6.36. The average Bonchev–Trinajstić information content (AvgIpc) is 2.97. The van der Waals surface area contributed by atoms with Gasteiger partial charge in [0, 0.05) is 24.9 Å². The fourth-order valence-electron chi connectivity index (χ4n) is 1.62. The maximum absolute atomic E-state index is 11.4. The van der Waals surface area contributed by atoms with Crippen LogP contribution >= 0.6 is 0 Å². The number of hydrogen-bond donors (Lipinski definition) is 1. The fraction of sp³-hybridized carbons (Fsp3) is 0.692. The minimum absolute atomic E-state index is 0.399. The van der Waals surface area contributed by atoms with Gasteiger partial charge in [0.1, 0.15) is 11.4 Å². The number of hydrogen-bond acceptors (Lipinski definition) is 4. The summed E-state index contributed by atoms with van der Waals surface area (Å²) in [5.74, 6) is 1.41. The normalized spacial score (nSPS) is 15.5. The standard InChI is InChI=1S/C13H20N2O3/c1-13(2,3)17-12(16)14-7-6-10-8-11(15-18-10)9-4-5-9/h8-9H,4-7H2,1-3H3,(H,14,16). The summed E-state index contributed by atoms with van der Waals surface area (Å²) in [5, 5.41) is 6.71. The van der Waals surface area contributed by atoms with Crippen molar-refractivity contribution in [2.75, 3.05) is 6.54 Å². The van der Waals surface area contributed by atoms with E-state index in [9.17, 15) is 4.79 Å². The molecule has 1 heterocycles. The molecule has 0 aliphatic heterocycles. The van der Waals surface area contributed by atoms with E-state index in [1.165, 1.54) is 12.8 Å². The number of aromatic nitrogens is 1. The monoisotopic (exact) mass is 252 g/mol. The van der Waals surface area contributed by atoms with Crippen molar-refractivity contribution in [3.8, 4) is 0 Å². The second-order valence-corrected chi connectivity index (χ2v) is 5.67. The van der Waals surface area contributed by atoms with Gasteiger partial charge < -0.3 is 14.6 Å². The summed E-state index contributed by atoms with van der Waals surface area (Å²) in [6.45, 7) is 6.01. The number of rotatable bonds is 4. The van der Waals surface area contributed by atoms with E-state index in [1.54, 1.807) is 0 Å². The molecule has 0 radical (unpaired) electrons. The lowest BCUT2D eigenvalue weighted by atomic mass is 10.2. The van der Waals surface area contributed by atoms with Gasteiger partial charge in [-0.1, -0.05) is 5.16 Å². The summed E-state index contributed by atoms with van der Waals surface area (Å²) in [4.78, 5) is 11.4. The zero-order valence-corrected chi connectivity index (χ0v) is 11.2. The van der Waals surface area contributed by atoms with Crippen LogP contribution in [0, 0.1) is 0 Å². The van der Waals surface area contributed by atoms with Crippen LogP contribution in [0.3, 0.4) is 0 Å². The molecule has 18 heavy (non-hydrogen) atoms. The summed E-state index contributed by atoms with van der Waals surface area (Å²) >= 11 is 0. The van der Waals surface area contributed by atoms with E-state index in [4.69, 9.17) is 9.26 Å². The predicted octanol–water partition coefficient (Wildman–Crippen LogP) is 2.62. The third kappa shape index (κ3) is 4.05. The van der Waals surface area contributed by atoms with Crippen LogP contribution in [0.5, 0.6) is 0 Å². The molecular formula is C13H20N2O3. The van der Waals surface area contributed by atoms with E-state index in [-0.39, 0.29) is 0 Å². The first-order valence-electron chi connectivity index (χ1n) is 6.36. The molecule has 100 valence electrons. The van der Waals surface area contributed by atoms with Gasteiger partial charge >= 0.3 is 6.09 Å². The lowest BCUT2D eigenvalue weighted by molar-refractivity contribution is 0.0528. The average molecular weight is 252 g/mol. The molecule has 1 fully saturated rings. The van der Waals surface area contributed by atoms with E-state index < -0.39 is 11.7 Å². The molecule has 1 aromatic heterocycles. The molecule has 2 rings (SSSR count). The maximum atomic E-state index is 11.4. The Morgan fingerprint density at radius 2 is 2.28 bits per heavy atom. The maximum Gasteiger partial charge on any atom is 0.407 e. The van der Waals surface area contributed by atoms with Crippen molar-refractivity contribution in [2.45, 2.75) is 51.6 Å². The van der Waals surface area contributed by atoms with Crippen molar-refractivity contribution in [3.05, 3.63) is 17.5 Å². The van der Waals surface area contributed by atoms with Gasteiger partial charge in [0.05, 0.1) is 5.69 Å². The number of carbonyl (C=O) groups is 1. The number of nitrogens with one attached hydrogen (secondary N) is 1. The van der Waals surface area contributed by atoms with E-state index >= 15 is 0 Å². The topological polar surface area (TPSA) is 64.4 Å². The van der Waals surface area contributed by atoms with Crippen LogP contribution in [0.1, 0.15) is 51.0 Å². The highest BCUT2D eigenvalue weighted by Gasteiger charge is 2.27. The second-order valence-electron chi connectivity index (χ2n) is 5.67. The van der Waals surface area contributed by atoms with Crippen molar-refractivity contribution in [2.24, 2.45) is 0 Å². The highest BCUT2D eigenvalue weighted by Crippen LogP contribution is 2.39. The predicted molar refractivity (Wildman–Crippen MR) is 66.4 cm³/mol. The molecule has 0 bridgehead atoms. The third-order valence-electron chi connectivity index (χ3n) is 2.61. The second kappa shape index (κ2) is 5.00. The Labute approximate surface area is 107 Å². The van der Waals surface area contributed by atoms with E-state index in [2.05, 4.69) is 10.5 Å². The number of alkyl carbamates (subject to hydrolysis) is 1. The summed E-state index contributed by atoms with van der Waals surface area (Å²) in [7, 11) is 0. The van der Waals surface area contributed by atoms with Gasteiger partial charge in [-0.05, 0) is 33.6 Å². The lowest BCUT2D eigenvalue weighted by Gasteiger charge is -2.19. The first-order chi connectivity index (χ1) is 8.44. The summed E-state index contributed by atoms with van der Waals surface area (Å²) < 4.78 is 10.3. The minimum atomic E-state index is -0.463. The Morgan fingerprint density at radius 1 is 1.56 bits per heavy atom. The summed E-state index contributed by atoms with van der Waals surface area (Å²) in [5.41, 5.74) is 0.581. The molecule has 0 spiro atoms. The van der Waals surface area contributed by atoms with Crippen LogP contribution in [0.4, 0.5) is 4.79 Å². The molecule has 1 saturated carbocycles. The molecule has 0 unspecified atom stereocenters. The Hall–Kier alpha value is -1.52. The molecule has 1 N–H and O–H groups in total. The van der Waals surface area contributed by atoms with Gasteiger partial charge in [0.25, 0.3) is 0 Å². The van der Waals surface area contributed by atoms with Crippen LogP contribution in [-0.2, 0) is 11.2 Å². The van der Waals surface area contributed by atoms with Crippen LogP contribution < -0.4 is 5.32 Å². The third-order valence-corrected chi connectivity index (χ3v) is 2.61. The molecule has 1 amide bonds. The smallest absolute Gasteiger partial charge is 0.407 e. The van der Waals surface area contributed by atoms with Crippen LogP contribution in [0.2, 0.25) is 0 Å². The van der Waals surface area contributed by atoms with Crippen LogP contribution in [0.15, 0.2) is 10.6 Å². The molecule has 0 aromatic carbocycles. The number of nitrogens with zero attached hydrogens (tertiary/aromatic N) is 1. The van der Waals surface area contributed by atoms with Gasteiger partial charge in [-0.3, -0.25) is 0 Å². The Morgan fingerprint density at radius 3 is 2.89 bits per heavy atom. The van der Waals surface area contributed by atoms with Crippen molar-refractivity contribution < 1.29 is 14.1 Å². The quantitative estimate of drug-likeness (QED) is 0.894. The Bertz CT molecular complexity index is 416. The number of amides is 1. The lowest BCUT2D eigenvalue weighted by Crippen LogP contribution is -2.33. The van der Waals surface area contributed by atoms with E-state index in [0.29, 0.717) is 18.9 Å². The van der Waals surface area contributed by atoms with E-state index in [0.717, 1.165) is 11.5 Å². The van der Waals surface area contributed by atoms with Crippen LogP contribution in [0.25, 0.3) is 0 Å². The van der Waals surface area contributed by atoms with Crippen molar-refractivity contribution >= 4 is 6.09 Å². The van der Waals surface area contributed by atoms with Gasteiger partial charge in [0.15, 0.2) is 0 Å². The zero-order valence-electron chi connectivity index (χ0n) is 11.2. The molecule has 0 saturated heterocycles. The highest BCUT2D eigenvalue weighted by atomic mass is 16.6. The molecule has 5 heteroatoms. The largest absolute Gasteiger partial charge is 0.444 e. The van der Waals surface area contributed by atoms with Gasteiger partial charge in [-0.2, -0.15) is 0 Å². The summed E-state index contributed by atoms with van der Waals surface area (Å²) in [6, 6.07) is 1.98. The molecule has 1 aliphatic carbocycles. The molecular weight excluding hydrogens is 232 g/mol. The number of carbonyl (C=O) groups excluding carboxylic acids is 1. The fourth-order valence-corrected chi connectivity index (χ4v) is 1.62. The van der Waals surface area contributed by atoms with Gasteiger partial charge in [0.2, 0.25) is 0 Å². The van der Waals surface area contributed by atoms with Crippen molar-refractivity contribution in [1.29, 1.82) is 0 Å². The molecule has 5 nitrogen and oxygen atoms in total. The molecule has 1 aromatic rings. The van der Waals surface area contributed by atoms with Gasteiger partial charge in [-0.15, -0.1) is 0 Å². The number of ether oxygens (including phenoxy) is 1. The van der Waals surface area contributed by atoms with Crippen molar-refractivity contribution in [3.63, 3.8) is 0 Å². The highest BCUT2D eigenvalue weighted by molar-refractivity contribution is 5.67. The first kappa shape index (κ1) is 12.9. The summed E-state index contributed by atoms with van der Waals surface area (Å²) in [6.07, 6.45) is 2.66. The minimum Gasteiger partial charge on any atom is -0.444 e.